The first-order valence-corrected chi connectivity index (χ1v) is 22.6. The summed E-state index contributed by atoms with van der Waals surface area (Å²) < 4.78 is 0. The van der Waals surface area contributed by atoms with Crippen molar-refractivity contribution in [2.75, 3.05) is 0 Å². The molecule has 5 heteroatoms. The van der Waals surface area contributed by atoms with Crippen molar-refractivity contribution < 1.29 is 0 Å². The van der Waals surface area contributed by atoms with Crippen LogP contribution in [-0.4, -0.2) is 30.0 Å². The molecule has 0 radical (unpaired) electrons. The molecule has 0 aliphatic heterocycles. The van der Waals surface area contributed by atoms with Crippen LogP contribution >= 0.6 is 5.51 Å². The minimum absolute atomic E-state index is 0.641. The molecular weight excluding hydrogens is 765 g/mol. The molecule has 3 nitrogen and oxygen atoms in total. The van der Waals surface area contributed by atoms with Crippen molar-refractivity contribution in [3.05, 3.63) is 218 Å². The summed E-state index contributed by atoms with van der Waals surface area (Å²) >= 11 is 3.67. The van der Waals surface area contributed by atoms with E-state index in [4.69, 9.17) is 15.0 Å². The van der Waals surface area contributed by atoms with Gasteiger partial charge in [-0.25, -0.2) is 15.0 Å². The molecule has 0 amide bonds. The Labute approximate surface area is 335 Å². The molecular formula is C51H36N3PSe. The molecule has 266 valence electrons. The van der Waals surface area contributed by atoms with Crippen molar-refractivity contribution in [3.63, 3.8) is 0 Å². The molecule has 0 saturated heterocycles. The van der Waals surface area contributed by atoms with Crippen molar-refractivity contribution in [3.8, 4) is 67.5 Å². The fourth-order valence-corrected chi connectivity index (χ4v) is 12.0. The Bertz CT molecular complexity index is 2710. The summed E-state index contributed by atoms with van der Waals surface area (Å²) in [6, 6.07) is 77.0. The first kappa shape index (κ1) is 35.4. The fraction of sp³-hybridized carbons (Fsp3) is 0. The normalized spacial score (nSPS) is 11.3. The molecule has 8 aromatic carbocycles. The van der Waals surface area contributed by atoms with Gasteiger partial charge in [-0.2, -0.15) is 0 Å². The number of benzene rings is 8. The van der Waals surface area contributed by atoms with Gasteiger partial charge in [-0.1, -0.05) is 84.9 Å². The Morgan fingerprint density at radius 3 is 0.786 bits per heavy atom. The number of hydrogen-bond acceptors (Lipinski definition) is 3. The predicted octanol–water partition coefficient (Wildman–Crippen LogP) is 11.3. The maximum absolute atomic E-state index is 4.98. The van der Waals surface area contributed by atoms with E-state index in [0.29, 0.717) is 17.5 Å². The molecule has 0 saturated carbocycles. The molecule has 0 aliphatic rings. The van der Waals surface area contributed by atoms with Crippen LogP contribution in [0, 0.1) is 0 Å². The molecule has 0 atom stereocenters. The Kier molecular flexibility index (Phi) is 10.0. The zero-order chi connectivity index (χ0) is 37.7. The van der Waals surface area contributed by atoms with Crippen LogP contribution in [0.2, 0.25) is 0 Å². The van der Waals surface area contributed by atoms with Crippen molar-refractivity contribution in [2.45, 2.75) is 0 Å². The third-order valence-corrected chi connectivity index (χ3v) is 17.1. The van der Waals surface area contributed by atoms with Gasteiger partial charge < -0.3 is 0 Å². The summed E-state index contributed by atoms with van der Waals surface area (Å²) in [5.41, 5.74) is 7.91. The Balaban J connectivity index is 0.977. The zero-order valence-corrected chi connectivity index (χ0v) is 33.1. The quantitative estimate of drug-likeness (QED) is 0.108. The van der Waals surface area contributed by atoms with Gasteiger partial charge in [0.05, 0.1) is 0 Å². The number of nitrogens with zero attached hydrogens (tertiary/aromatic N) is 3. The van der Waals surface area contributed by atoms with Crippen LogP contribution in [0.3, 0.4) is 0 Å². The van der Waals surface area contributed by atoms with Crippen molar-refractivity contribution in [1.82, 2.24) is 15.0 Å². The van der Waals surface area contributed by atoms with Crippen LogP contribution < -0.4 is 15.9 Å². The van der Waals surface area contributed by atoms with Crippen LogP contribution in [0.4, 0.5) is 0 Å². The van der Waals surface area contributed by atoms with E-state index in [0.717, 1.165) is 33.4 Å². The molecule has 0 N–H and O–H groups in total. The molecule has 56 heavy (non-hydrogen) atoms. The molecule has 1 aromatic heterocycles. The van der Waals surface area contributed by atoms with Crippen LogP contribution in [0.1, 0.15) is 0 Å². The molecule has 0 fully saturated rings. The van der Waals surface area contributed by atoms with E-state index in [9.17, 15) is 0 Å². The number of aromatic nitrogens is 3. The molecule has 9 aromatic rings. The van der Waals surface area contributed by atoms with E-state index in [1.54, 1.807) is 0 Å². The van der Waals surface area contributed by atoms with E-state index < -0.39 is 5.51 Å². The van der Waals surface area contributed by atoms with Gasteiger partial charge in [0, 0.05) is 16.7 Å². The van der Waals surface area contributed by atoms with E-state index in [-0.39, 0.29) is 0 Å². The van der Waals surface area contributed by atoms with Gasteiger partial charge in [0.25, 0.3) is 0 Å². The van der Waals surface area contributed by atoms with Crippen molar-refractivity contribution in [1.29, 1.82) is 0 Å². The summed E-state index contributed by atoms with van der Waals surface area (Å²) in [5, 5.41) is 3.98. The van der Waals surface area contributed by atoms with Gasteiger partial charge >= 0.3 is 192 Å². The fourth-order valence-electron chi connectivity index (χ4n) is 7.05. The second-order valence-corrected chi connectivity index (χ2v) is 19.8. The third kappa shape index (κ3) is 7.27. The van der Waals surface area contributed by atoms with Gasteiger partial charge in [-0.05, 0) is 11.1 Å². The van der Waals surface area contributed by atoms with Gasteiger partial charge in [0.15, 0.2) is 17.5 Å². The molecule has 1 heterocycles. The molecule has 0 bridgehead atoms. The maximum atomic E-state index is 4.98. The molecule has 9 rings (SSSR count). The van der Waals surface area contributed by atoms with Crippen molar-refractivity contribution in [2.24, 2.45) is 0 Å². The summed E-state index contributed by atoms with van der Waals surface area (Å²) in [7, 11) is 0. The molecule has 0 aliphatic carbocycles. The molecule has 0 spiro atoms. The average molecular weight is 801 g/mol. The second-order valence-electron chi connectivity index (χ2n) is 13.6. The SMILES string of the molecule is [Se]=P(c1ccccc1)(c1ccccc1)c1ccc(-c2ccc(-c3ccc(-c4nc(-c5ccccc5)nc(-c5ccc(-c6ccccc6)cc5)n4)cc3)cc2)cc1. The van der Waals surface area contributed by atoms with Gasteiger partial charge in [-0.15, -0.1) is 0 Å². The van der Waals surface area contributed by atoms with E-state index in [1.807, 2.05) is 36.4 Å². The summed E-state index contributed by atoms with van der Waals surface area (Å²) in [5.74, 6) is 1.93. The second kappa shape index (κ2) is 15.8. The Morgan fingerprint density at radius 1 is 0.232 bits per heavy atom. The van der Waals surface area contributed by atoms with E-state index >= 15 is 0 Å². The zero-order valence-electron chi connectivity index (χ0n) is 30.5. The van der Waals surface area contributed by atoms with Crippen LogP contribution in [-0.2, 0) is 0 Å². The Hall–Kier alpha value is -6.28. The van der Waals surface area contributed by atoms with Crippen molar-refractivity contribution >= 4 is 36.5 Å². The van der Waals surface area contributed by atoms with Crippen LogP contribution in [0.5, 0.6) is 0 Å². The van der Waals surface area contributed by atoms with Gasteiger partial charge in [0.1, 0.15) is 0 Å². The molecule has 0 unspecified atom stereocenters. The van der Waals surface area contributed by atoms with Gasteiger partial charge in [-0.3, -0.25) is 0 Å². The van der Waals surface area contributed by atoms with E-state index in [1.165, 1.54) is 32.6 Å². The summed E-state index contributed by atoms with van der Waals surface area (Å²) in [6.45, 7) is 0. The first-order chi connectivity index (χ1) is 27.6. The first-order valence-electron chi connectivity index (χ1n) is 18.6. The van der Waals surface area contributed by atoms with E-state index in [2.05, 4.69) is 197 Å². The minimum atomic E-state index is -1.90. The number of hydrogen-bond donors (Lipinski definition) is 0. The van der Waals surface area contributed by atoms with Crippen LogP contribution in [0.25, 0.3) is 67.5 Å². The topological polar surface area (TPSA) is 38.7 Å². The van der Waals surface area contributed by atoms with Gasteiger partial charge in [0.2, 0.25) is 0 Å². The average Bonchev–Trinajstić information content (AvgIpc) is 3.30. The monoisotopic (exact) mass is 801 g/mol. The standard InChI is InChI=1S/C51H36N3PSe/c56-55(46-17-9-3-10-18-46,47-19-11-4-12-20-47)48-35-33-42(34-36-48)40-23-21-39(22-24-40)41-27-31-45(32-28-41)51-53-49(43-15-7-2-8-16-43)52-50(54-51)44-29-25-38(26-30-44)37-13-5-1-6-14-37/h1-36H. The third-order valence-electron chi connectivity index (χ3n) is 10.1. The predicted molar refractivity (Wildman–Crippen MR) is 237 cm³/mol. The summed E-state index contributed by atoms with van der Waals surface area (Å²) in [4.78, 5) is 14.9. The summed E-state index contributed by atoms with van der Waals surface area (Å²) in [6.07, 6.45) is 0. The Morgan fingerprint density at radius 2 is 0.446 bits per heavy atom. The van der Waals surface area contributed by atoms with Crippen LogP contribution in [0.15, 0.2) is 218 Å². The number of rotatable bonds is 9.